The second-order valence-corrected chi connectivity index (χ2v) is 7.42. The number of hydrogen-bond donors (Lipinski definition) is 1. The number of fused-ring (bicyclic) bond motifs is 2. The van der Waals surface area contributed by atoms with E-state index in [-0.39, 0.29) is 5.91 Å². The van der Waals surface area contributed by atoms with Crippen LogP contribution in [0.3, 0.4) is 0 Å². The molecule has 132 valence electrons. The number of rotatable bonds is 3. The Hall–Kier alpha value is -2.15. The number of hydrogen-bond acceptors (Lipinski definition) is 5. The minimum atomic E-state index is 0.246. The molecule has 5 rings (SSSR count). The first-order valence-electron chi connectivity index (χ1n) is 9.38. The van der Waals surface area contributed by atoms with Crippen LogP contribution in [0.2, 0.25) is 0 Å². The minimum Gasteiger partial charge on any atom is -0.345 e. The van der Waals surface area contributed by atoms with Crippen molar-refractivity contribution in [1.82, 2.24) is 24.8 Å². The first kappa shape index (κ1) is 15.1. The zero-order chi connectivity index (χ0) is 16.8. The molecule has 0 spiro atoms. The van der Waals surface area contributed by atoms with Gasteiger partial charge in [-0.3, -0.25) is 4.79 Å². The molecule has 2 fully saturated rings. The summed E-state index contributed by atoms with van der Waals surface area (Å²) >= 11 is 0. The highest BCUT2D eigenvalue weighted by molar-refractivity contribution is 5.83. The van der Waals surface area contributed by atoms with Crippen LogP contribution in [-0.4, -0.2) is 64.7 Å². The Bertz CT molecular complexity index is 811. The predicted molar refractivity (Wildman–Crippen MR) is 94.8 cm³/mol. The van der Waals surface area contributed by atoms with Gasteiger partial charge in [-0.25, -0.2) is 4.98 Å². The number of nitrogens with one attached hydrogen (secondary N) is 1. The maximum absolute atomic E-state index is 12.7. The molecule has 2 aliphatic heterocycles. The summed E-state index contributed by atoms with van der Waals surface area (Å²) in [5, 5.41) is 7.95. The summed E-state index contributed by atoms with van der Waals surface area (Å²) in [5.74, 6) is 2.07. The van der Waals surface area contributed by atoms with Gasteiger partial charge in [-0.2, -0.15) is 9.61 Å². The Morgan fingerprint density at radius 1 is 1.20 bits per heavy atom. The average Bonchev–Trinajstić information content (AvgIpc) is 3.35. The fraction of sp³-hybridized carbons (Fsp3) is 0.611. The molecular weight excluding hydrogens is 316 g/mol. The van der Waals surface area contributed by atoms with Gasteiger partial charge in [0.25, 0.3) is 0 Å². The molecule has 1 saturated carbocycles. The van der Waals surface area contributed by atoms with E-state index in [1.54, 1.807) is 6.20 Å². The largest absolute Gasteiger partial charge is 0.345 e. The third-order valence-corrected chi connectivity index (χ3v) is 5.58. The van der Waals surface area contributed by atoms with Crippen molar-refractivity contribution in [2.24, 2.45) is 5.92 Å². The summed E-state index contributed by atoms with van der Waals surface area (Å²) in [4.78, 5) is 21.8. The van der Waals surface area contributed by atoms with Gasteiger partial charge in [0, 0.05) is 44.2 Å². The Morgan fingerprint density at radius 2 is 2.08 bits per heavy atom. The molecule has 1 aliphatic carbocycles. The Labute approximate surface area is 147 Å². The highest BCUT2D eigenvalue weighted by Crippen LogP contribution is 2.31. The number of carbonyl (C=O) groups excluding carboxylic acids is 1. The molecule has 1 N–H and O–H groups in total. The Kier molecular flexibility index (Phi) is 3.62. The fourth-order valence-electron chi connectivity index (χ4n) is 4.03. The van der Waals surface area contributed by atoms with Gasteiger partial charge in [0.1, 0.15) is 5.82 Å². The summed E-state index contributed by atoms with van der Waals surface area (Å²) in [6.45, 7) is 4.99. The van der Waals surface area contributed by atoms with Crippen molar-refractivity contribution in [2.45, 2.75) is 25.7 Å². The first-order valence-corrected chi connectivity index (χ1v) is 9.38. The summed E-state index contributed by atoms with van der Waals surface area (Å²) in [6.07, 6.45) is 6.23. The van der Waals surface area contributed by atoms with Crippen molar-refractivity contribution >= 4 is 17.4 Å². The van der Waals surface area contributed by atoms with Gasteiger partial charge in [0.15, 0.2) is 5.65 Å². The fourth-order valence-corrected chi connectivity index (χ4v) is 4.03. The standard InChI is InChI=1S/C18H24N6O/c25-17-12-23(10-9-22(17)11-13-1-2-13)18-14-3-6-19-7-4-15(14)21-16-5-8-20-24(16)18/h5,8,13,19H,1-4,6-7,9-12H2. The van der Waals surface area contributed by atoms with E-state index in [1.165, 1.54) is 18.4 Å². The van der Waals surface area contributed by atoms with E-state index in [2.05, 4.69) is 20.2 Å². The molecule has 3 aliphatic rings. The smallest absolute Gasteiger partial charge is 0.242 e. The zero-order valence-corrected chi connectivity index (χ0v) is 14.4. The molecule has 0 atom stereocenters. The molecule has 2 aromatic rings. The second kappa shape index (κ2) is 5.98. The molecule has 0 radical (unpaired) electrons. The van der Waals surface area contributed by atoms with Gasteiger partial charge >= 0.3 is 0 Å². The SMILES string of the molecule is O=C1CN(c2c3c(nc4ccnn24)CCNCC3)CCN1CC1CC1. The molecule has 0 bridgehead atoms. The zero-order valence-electron chi connectivity index (χ0n) is 14.4. The number of carbonyl (C=O) groups is 1. The average molecular weight is 340 g/mol. The lowest BCUT2D eigenvalue weighted by Crippen LogP contribution is -2.51. The van der Waals surface area contributed by atoms with Crippen LogP contribution in [0.5, 0.6) is 0 Å². The molecule has 4 heterocycles. The van der Waals surface area contributed by atoms with Gasteiger partial charge in [-0.05, 0) is 31.7 Å². The van der Waals surface area contributed by atoms with Crippen LogP contribution in [0, 0.1) is 5.92 Å². The van der Waals surface area contributed by atoms with Gasteiger partial charge < -0.3 is 15.1 Å². The van der Waals surface area contributed by atoms with Crippen molar-refractivity contribution in [2.75, 3.05) is 44.2 Å². The Morgan fingerprint density at radius 3 is 2.92 bits per heavy atom. The van der Waals surface area contributed by atoms with Gasteiger partial charge in [0.05, 0.1) is 18.4 Å². The molecule has 2 aromatic heterocycles. The lowest BCUT2D eigenvalue weighted by molar-refractivity contribution is -0.131. The van der Waals surface area contributed by atoms with Crippen molar-refractivity contribution in [3.63, 3.8) is 0 Å². The molecule has 7 nitrogen and oxygen atoms in total. The van der Waals surface area contributed by atoms with E-state index in [9.17, 15) is 4.79 Å². The van der Waals surface area contributed by atoms with Crippen LogP contribution < -0.4 is 10.2 Å². The number of piperazine rings is 1. The summed E-state index contributed by atoms with van der Waals surface area (Å²) in [6, 6.07) is 1.95. The predicted octanol–water partition coefficient (Wildman–Crippen LogP) is 0.476. The molecule has 0 aromatic carbocycles. The first-order chi connectivity index (χ1) is 12.3. The number of anilines is 1. The summed E-state index contributed by atoms with van der Waals surface area (Å²) < 4.78 is 1.92. The topological polar surface area (TPSA) is 65.8 Å². The van der Waals surface area contributed by atoms with Gasteiger partial charge in [-0.15, -0.1) is 0 Å². The highest BCUT2D eigenvalue weighted by Gasteiger charge is 2.32. The van der Waals surface area contributed by atoms with Crippen LogP contribution in [-0.2, 0) is 17.6 Å². The highest BCUT2D eigenvalue weighted by atomic mass is 16.2. The van der Waals surface area contributed by atoms with Crippen molar-refractivity contribution in [1.29, 1.82) is 0 Å². The maximum Gasteiger partial charge on any atom is 0.242 e. The lowest BCUT2D eigenvalue weighted by Gasteiger charge is -2.36. The molecule has 0 unspecified atom stereocenters. The van der Waals surface area contributed by atoms with E-state index in [0.29, 0.717) is 6.54 Å². The van der Waals surface area contributed by atoms with Crippen LogP contribution in [0.1, 0.15) is 24.1 Å². The van der Waals surface area contributed by atoms with E-state index < -0.39 is 0 Å². The number of nitrogens with zero attached hydrogens (tertiary/aromatic N) is 5. The van der Waals surface area contributed by atoms with Crippen molar-refractivity contribution in [3.8, 4) is 0 Å². The summed E-state index contributed by atoms with van der Waals surface area (Å²) in [5.41, 5.74) is 3.29. The van der Waals surface area contributed by atoms with Crippen molar-refractivity contribution in [3.05, 3.63) is 23.5 Å². The number of amides is 1. The molecule has 1 saturated heterocycles. The molecule has 7 heteroatoms. The van der Waals surface area contributed by atoms with E-state index in [4.69, 9.17) is 4.98 Å². The third kappa shape index (κ3) is 2.76. The van der Waals surface area contributed by atoms with Crippen LogP contribution in [0.4, 0.5) is 5.82 Å². The molecule has 25 heavy (non-hydrogen) atoms. The van der Waals surface area contributed by atoms with Gasteiger partial charge in [0.2, 0.25) is 5.91 Å². The Balaban J connectivity index is 1.50. The van der Waals surface area contributed by atoms with Crippen LogP contribution in [0.15, 0.2) is 12.3 Å². The molecule has 1 amide bonds. The third-order valence-electron chi connectivity index (χ3n) is 5.58. The van der Waals surface area contributed by atoms with Crippen molar-refractivity contribution < 1.29 is 4.79 Å². The lowest BCUT2D eigenvalue weighted by atomic mass is 10.1. The van der Waals surface area contributed by atoms with Crippen LogP contribution >= 0.6 is 0 Å². The van der Waals surface area contributed by atoms with Crippen LogP contribution in [0.25, 0.3) is 5.65 Å². The second-order valence-electron chi connectivity index (χ2n) is 7.42. The maximum atomic E-state index is 12.7. The quantitative estimate of drug-likeness (QED) is 0.880. The molecular formula is C18H24N6O. The minimum absolute atomic E-state index is 0.246. The van der Waals surface area contributed by atoms with E-state index in [1.807, 2.05) is 10.6 Å². The summed E-state index contributed by atoms with van der Waals surface area (Å²) in [7, 11) is 0. The van der Waals surface area contributed by atoms with Gasteiger partial charge in [-0.1, -0.05) is 0 Å². The number of aromatic nitrogens is 3. The van der Waals surface area contributed by atoms with E-state index in [0.717, 1.165) is 68.6 Å². The monoisotopic (exact) mass is 340 g/mol. The normalized spacial score (nSPS) is 21.5. The van der Waals surface area contributed by atoms with E-state index >= 15 is 0 Å².